The van der Waals surface area contributed by atoms with E-state index in [0.29, 0.717) is 0 Å². The average molecular weight is 154 g/mol. The van der Waals surface area contributed by atoms with Gasteiger partial charge in [-0.25, -0.2) is 4.89 Å². The topological polar surface area (TPSA) is 67.5 Å². The number of hydrazine groups is 1. The number of nitrogens with two attached hydrogens (primary N) is 1. The van der Waals surface area contributed by atoms with Crippen molar-refractivity contribution in [2.75, 3.05) is 5.43 Å². The van der Waals surface area contributed by atoms with Gasteiger partial charge in [-0.2, -0.15) is 0 Å². The summed E-state index contributed by atoms with van der Waals surface area (Å²) in [6.45, 7) is 0.199. The Labute approximate surface area is 64.5 Å². The quantitative estimate of drug-likeness (QED) is 0.344. The van der Waals surface area contributed by atoms with Gasteiger partial charge in [0.25, 0.3) is 0 Å². The highest BCUT2D eigenvalue weighted by atomic mass is 17.1. The number of hydrogen-bond donors (Lipinski definition) is 3. The van der Waals surface area contributed by atoms with Crippen LogP contribution in [0.2, 0.25) is 0 Å². The molecule has 4 N–H and O–H groups in total. The second-order valence-electron chi connectivity index (χ2n) is 2.11. The molecule has 0 amide bonds. The zero-order valence-corrected chi connectivity index (χ0v) is 5.95. The Hall–Kier alpha value is -1.10. The van der Waals surface area contributed by atoms with Crippen molar-refractivity contribution >= 4 is 5.69 Å². The van der Waals surface area contributed by atoms with Gasteiger partial charge in [0.2, 0.25) is 0 Å². The van der Waals surface area contributed by atoms with Crippen LogP contribution in [0.4, 0.5) is 5.69 Å². The first-order chi connectivity index (χ1) is 5.36. The van der Waals surface area contributed by atoms with Crippen molar-refractivity contribution in [1.82, 2.24) is 0 Å². The molecule has 1 aromatic rings. The summed E-state index contributed by atoms with van der Waals surface area (Å²) in [5.41, 5.74) is 4.21. The molecule has 4 heteroatoms. The van der Waals surface area contributed by atoms with Crippen LogP contribution in [0.5, 0.6) is 0 Å². The average Bonchev–Trinajstić information content (AvgIpc) is 2.07. The van der Waals surface area contributed by atoms with Crippen LogP contribution in [0.3, 0.4) is 0 Å². The number of nitrogens with one attached hydrogen (secondary N) is 1. The molecule has 0 bridgehead atoms. The Morgan fingerprint density at radius 1 is 1.36 bits per heavy atom. The Morgan fingerprint density at radius 2 is 2.00 bits per heavy atom. The van der Waals surface area contributed by atoms with Crippen LogP contribution in [-0.2, 0) is 11.5 Å². The van der Waals surface area contributed by atoms with E-state index in [1.54, 1.807) is 12.1 Å². The van der Waals surface area contributed by atoms with Crippen molar-refractivity contribution in [3.8, 4) is 0 Å². The van der Waals surface area contributed by atoms with Crippen molar-refractivity contribution in [3.05, 3.63) is 29.8 Å². The van der Waals surface area contributed by atoms with E-state index >= 15 is 0 Å². The fourth-order valence-corrected chi connectivity index (χ4v) is 0.772. The van der Waals surface area contributed by atoms with Crippen LogP contribution in [0, 0.1) is 0 Å². The van der Waals surface area contributed by atoms with Crippen molar-refractivity contribution in [2.24, 2.45) is 5.84 Å². The third-order valence-corrected chi connectivity index (χ3v) is 1.35. The molecule has 60 valence electrons. The van der Waals surface area contributed by atoms with E-state index in [-0.39, 0.29) is 6.61 Å². The maximum Gasteiger partial charge on any atom is 0.107 e. The summed E-state index contributed by atoms with van der Waals surface area (Å²) < 4.78 is 0. The van der Waals surface area contributed by atoms with Gasteiger partial charge in [-0.1, -0.05) is 12.1 Å². The smallest absolute Gasteiger partial charge is 0.107 e. The summed E-state index contributed by atoms with van der Waals surface area (Å²) >= 11 is 0. The lowest BCUT2D eigenvalue weighted by atomic mass is 10.2. The third kappa shape index (κ3) is 2.19. The molecule has 0 atom stereocenters. The number of nitrogen functional groups attached to an aromatic ring is 1. The SMILES string of the molecule is NNc1ccc(COO)cc1. The molecular weight excluding hydrogens is 144 g/mol. The summed E-state index contributed by atoms with van der Waals surface area (Å²) in [5, 5.41) is 8.11. The predicted octanol–water partition coefficient (Wildman–Crippen LogP) is 0.962. The molecule has 1 rings (SSSR count). The van der Waals surface area contributed by atoms with Gasteiger partial charge in [-0.15, -0.1) is 0 Å². The summed E-state index contributed by atoms with van der Waals surface area (Å²) in [4.78, 5) is 3.95. The van der Waals surface area contributed by atoms with Gasteiger partial charge >= 0.3 is 0 Å². The molecule has 0 saturated carbocycles. The van der Waals surface area contributed by atoms with Gasteiger partial charge in [0.1, 0.15) is 6.61 Å². The number of hydrogen-bond acceptors (Lipinski definition) is 4. The van der Waals surface area contributed by atoms with E-state index in [1.807, 2.05) is 12.1 Å². The second kappa shape index (κ2) is 3.92. The summed E-state index contributed by atoms with van der Waals surface area (Å²) in [7, 11) is 0. The highest BCUT2D eigenvalue weighted by Gasteiger charge is 1.91. The first-order valence-electron chi connectivity index (χ1n) is 3.18. The maximum atomic E-state index is 8.11. The molecule has 11 heavy (non-hydrogen) atoms. The molecule has 0 fully saturated rings. The van der Waals surface area contributed by atoms with E-state index in [0.717, 1.165) is 11.3 Å². The summed E-state index contributed by atoms with van der Waals surface area (Å²) in [5.74, 6) is 5.14. The summed E-state index contributed by atoms with van der Waals surface area (Å²) in [6.07, 6.45) is 0. The van der Waals surface area contributed by atoms with E-state index in [9.17, 15) is 0 Å². The monoisotopic (exact) mass is 154 g/mol. The lowest BCUT2D eigenvalue weighted by molar-refractivity contribution is -0.253. The number of benzene rings is 1. The maximum absolute atomic E-state index is 8.11. The van der Waals surface area contributed by atoms with Gasteiger partial charge in [0.15, 0.2) is 0 Å². The summed E-state index contributed by atoms with van der Waals surface area (Å²) in [6, 6.07) is 7.22. The molecule has 0 spiro atoms. The molecule has 0 aliphatic carbocycles. The minimum absolute atomic E-state index is 0.199. The fraction of sp³-hybridized carbons (Fsp3) is 0.143. The van der Waals surface area contributed by atoms with Crippen LogP contribution >= 0.6 is 0 Å². The van der Waals surface area contributed by atoms with Crippen molar-refractivity contribution < 1.29 is 10.1 Å². The molecule has 0 saturated heterocycles. The van der Waals surface area contributed by atoms with Crippen LogP contribution in [0.1, 0.15) is 5.56 Å². The van der Waals surface area contributed by atoms with Crippen molar-refractivity contribution in [1.29, 1.82) is 0 Å². The van der Waals surface area contributed by atoms with Crippen LogP contribution in [-0.4, -0.2) is 5.26 Å². The zero-order chi connectivity index (χ0) is 8.10. The lowest BCUT2D eigenvalue weighted by Gasteiger charge is -2.00. The van der Waals surface area contributed by atoms with Gasteiger partial charge in [0.05, 0.1) is 0 Å². The standard InChI is InChI=1S/C7H10N2O2/c8-9-7-3-1-6(2-4-7)5-11-10/h1-4,9-10H,5,8H2. The van der Waals surface area contributed by atoms with Crippen molar-refractivity contribution in [2.45, 2.75) is 6.61 Å². The van der Waals surface area contributed by atoms with Gasteiger partial charge in [-0.3, -0.25) is 11.1 Å². The van der Waals surface area contributed by atoms with E-state index < -0.39 is 0 Å². The van der Waals surface area contributed by atoms with Crippen LogP contribution < -0.4 is 11.3 Å². The highest BCUT2D eigenvalue weighted by molar-refractivity contribution is 5.42. The van der Waals surface area contributed by atoms with E-state index in [4.69, 9.17) is 11.1 Å². The molecule has 4 nitrogen and oxygen atoms in total. The molecule has 0 aromatic heterocycles. The molecule has 1 aromatic carbocycles. The number of rotatable bonds is 3. The number of anilines is 1. The molecule has 0 aliphatic heterocycles. The first kappa shape index (κ1) is 8.00. The normalized spacial score (nSPS) is 9.64. The Kier molecular flexibility index (Phi) is 2.85. The molecular formula is C7H10N2O2. The van der Waals surface area contributed by atoms with E-state index in [2.05, 4.69) is 10.3 Å². The van der Waals surface area contributed by atoms with Gasteiger partial charge in [0, 0.05) is 5.69 Å². The second-order valence-corrected chi connectivity index (χ2v) is 2.11. The Morgan fingerprint density at radius 3 is 2.45 bits per heavy atom. The van der Waals surface area contributed by atoms with Gasteiger partial charge < -0.3 is 5.43 Å². The van der Waals surface area contributed by atoms with Gasteiger partial charge in [-0.05, 0) is 17.7 Å². The lowest BCUT2D eigenvalue weighted by Crippen LogP contribution is -2.06. The van der Waals surface area contributed by atoms with Crippen LogP contribution in [0.25, 0.3) is 0 Å². The fourth-order valence-electron chi connectivity index (χ4n) is 0.772. The first-order valence-corrected chi connectivity index (χ1v) is 3.18. The van der Waals surface area contributed by atoms with E-state index in [1.165, 1.54) is 0 Å². The minimum atomic E-state index is 0.199. The molecule has 0 unspecified atom stereocenters. The third-order valence-electron chi connectivity index (χ3n) is 1.35. The predicted molar refractivity (Wildman–Crippen MR) is 41.7 cm³/mol. The Bertz CT molecular complexity index is 210. The molecule has 0 heterocycles. The molecule has 0 aliphatic rings. The highest BCUT2D eigenvalue weighted by Crippen LogP contribution is 2.07. The molecule has 0 radical (unpaired) electrons. The van der Waals surface area contributed by atoms with Crippen molar-refractivity contribution in [3.63, 3.8) is 0 Å². The largest absolute Gasteiger partial charge is 0.324 e. The minimum Gasteiger partial charge on any atom is -0.324 e. The van der Waals surface area contributed by atoms with Crippen LogP contribution in [0.15, 0.2) is 24.3 Å². The zero-order valence-electron chi connectivity index (χ0n) is 5.95. The Balaban J connectivity index is 2.66.